The lowest BCUT2D eigenvalue weighted by atomic mass is 10.1. The number of halogens is 1. The minimum absolute atomic E-state index is 0.158. The maximum Gasteiger partial charge on any atom is 0.236 e. The maximum absolute atomic E-state index is 13.4. The molecule has 2 aromatic carbocycles. The van der Waals surface area contributed by atoms with Crippen LogP contribution in [-0.4, -0.2) is 26.2 Å². The third kappa shape index (κ3) is 4.13. The zero-order chi connectivity index (χ0) is 19.3. The van der Waals surface area contributed by atoms with Crippen molar-refractivity contribution in [3.63, 3.8) is 0 Å². The van der Waals surface area contributed by atoms with Gasteiger partial charge >= 0.3 is 0 Å². The number of nitrogens with one attached hydrogen (secondary N) is 1. The van der Waals surface area contributed by atoms with Crippen LogP contribution >= 0.6 is 23.1 Å². The second kappa shape index (κ2) is 8.37. The number of thioether (sulfide) groups is 1. The topological polar surface area (TPSA) is 59.8 Å². The summed E-state index contributed by atoms with van der Waals surface area (Å²) in [5.74, 6) is -0.275. The predicted octanol–water partition coefficient (Wildman–Crippen LogP) is 4.87. The fourth-order valence-corrected chi connectivity index (χ4v) is 4.00. The highest BCUT2D eigenvalue weighted by molar-refractivity contribution is 7.99. The highest BCUT2D eigenvalue weighted by atomic mass is 32.2. The first-order chi connectivity index (χ1) is 13.7. The summed E-state index contributed by atoms with van der Waals surface area (Å²) in [4.78, 5) is 20.7. The van der Waals surface area contributed by atoms with E-state index in [0.717, 1.165) is 16.9 Å². The molecule has 8 heteroatoms. The van der Waals surface area contributed by atoms with Crippen LogP contribution < -0.4 is 5.32 Å². The van der Waals surface area contributed by atoms with E-state index in [9.17, 15) is 9.18 Å². The average molecular weight is 410 g/mol. The number of rotatable bonds is 6. The second-order valence-electron chi connectivity index (χ2n) is 5.78. The van der Waals surface area contributed by atoms with Gasteiger partial charge in [0.1, 0.15) is 5.82 Å². The quantitative estimate of drug-likeness (QED) is 0.461. The van der Waals surface area contributed by atoms with Crippen molar-refractivity contribution in [2.24, 2.45) is 0 Å². The lowest BCUT2D eigenvalue weighted by Gasteiger charge is -2.12. The molecule has 0 spiro atoms. The zero-order valence-corrected chi connectivity index (χ0v) is 16.2. The van der Waals surface area contributed by atoms with Crippen molar-refractivity contribution in [3.05, 3.63) is 78.2 Å². The molecule has 0 aliphatic carbocycles. The molecule has 0 unspecified atom stereocenters. The summed E-state index contributed by atoms with van der Waals surface area (Å²) in [5.41, 5.74) is 2.63. The van der Waals surface area contributed by atoms with Gasteiger partial charge in [0.2, 0.25) is 5.91 Å². The van der Waals surface area contributed by atoms with Gasteiger partial charge in [-0.1, -0.05) is 42.1 Å². The van der Waals surface area contributed by atoms with Gasteiger partial charge in [-0.2, -0.15) is 0 Å². The fourth-order valence-electron chi connectivity index (χ4n) is 2.66. The standard InChI is InChI=1S/C20H15FN4OS2/c21-15-6-8-16(9-7-15)25-17(14-4-2-1-3-5-14)12-23-20(25)28-13-18(26)24-19-22-10-11-27-19/h1-12H,13H2,(H,22,24,26). The van der Waals surface area contributed by atoms with Crippen molar-refractivity contribution in [1.29, 1.82) is 0 Å². The molecule has 0 bridgehead atoms. The van der Waals surface area contributed by atoms with Crippen molar-refractivity contribution >= 4 is 34.1 Å². The number of thiazole rings is 1. The molecular weight excluding hydrogens is 395 g/mol. The molecule has 1 N–H and O–H groups in total. The Balaban J connectivity index is 1.62. The van der Waals surface area contributed by atoms with E-state index >= 15 is 0 Å². The first kappa shape index (κ1) is 18.4. The molecule has 5 nitrogen and oxygen atoms in total. The first-order valence-corrected chi connectivity index (χ1v) is 10.3. The molecule has 28 heavy (non-hydrogen) atoms. The monoisotopic (exact) mass is 410 g/mol. The summed E-state index contributed by atoms with van der Waals surface area (Å²) in [7, 11) is 0. The molecule has 2 heterocycles. The molecule has 0 saturated carbocycles. The highest BCUT2D eigenvalue weighted by Gasteiger charge is 2.16. The van der Waals surface area contributed by atoms with E-state index in [-0.39, 0.29) is 17.5 Å². The molecule has 1 amide bonds. The molecule has 0 atom stereocenters. The molecule has 2 aromatic heterocycles. The molecule has 140 valence electrons. The van der Waals surface area contributed by atoms with E-state index in [1.165, 1.54) is 35.2 Å². The van der Waals surface area contributed by atoms with E-state index in [1.807, 2.05) is 34.9 Å². The van der Waals surface area contributed by atoms with Crippen LogP contribution in [0.2, 0.25) is 0 Å². The van der Waals surface area contributed by atoms with Crippen LogP contribution in [0, 0.1) is 5.82 Å². The average Bonchev–Trinajstić information content (AvgIpc) is 3.37. The summed E-state index contributed by atoms with van der Waals surface area (Å²) in [6.07, 6.45) is 3.40. The van der Waals surface area contributed by atoms with Crippen LogP contribution in [0.4, 0.5) is 9.52 Å². The third-order valence-corrected chi connectivity index (χ3v) is 5.54. The molecular formula is C20H15FN4OS2. The van der Waals surface area contributed by atoms with Crippen LogP contribution in [0.25, 0.3) is 16.9 Å². The number of aromatic nitrogens is 3. The molecule has 0 radical (unpaired) electrons. The Bertz CT molecular complexity index is 1060. The van der Waals surface area contributed by atoms with E-state index in [2.05, 4.69) is 15.3 Å². The maximum atomic E-state index is 13.4. The summed E-state index contributed by atoms with van der Waals surface area (Å²) in [6.45, 7) is 0. The molecule has 0 aliphatic rings. The van der Waals surface area contributed by atoms with E-state index < -0.39 is 0 Å². The largest absolute Gasteiger partial charge is 0.301 e. The van der Waals surface area contributed by atoms with Gasteiger partial charge in [-0.25, -0.2) is 14.4 Å². The van der Waals surface area contributed by atoms with E-state index in [1.54, 1.807) is 29.9 Å². The lowest BCUT2D eigenvalue weighted by Crippen LogP contribution is -2.14. The fraction of sp³-hybridized carbons (Fsp3) is 0.0500. The Labute approximate surface area is 169 Å². The van der Waals surface area contributed by atoms with Crippen LogP contribution in [0.1, 0.15) is 0 Å². The number of benzene rings is 2. The van der Waals surface area contributed by atoms with Gasteiger partial charge in [0.15, 0.2) is 10.3 Å². The zero-order valence-electron chi connectivity index (χ0n) is 14.6. The van der Waals surface area contributed by atoms with Gasteiger partial charge in [0.25, 0.3) is 0 Å². The summed E-state index contributed by atoms with van der Waals surface area (Å²) in [5, 5.41) is 5.78. The van der Waals surface area contributed by atoms with Gasteiger partial charge in [0.05, 0.1) is 17.6 Å². The van der Waals surface area contributed by atoms with Crippen molar-refractivity contribution < 1.29 is 9.18 Å². The van der Waals surface area contributed by atoms with Gasteiger partial charge < -0.3 is 5.32 Å². The highest BCUT2D eigenvalue weighted by Crippen LogP contribution is 2.30. The van der Waals surface area contributed by atoms with Crippen LogP contribution in [0.15, 0.2) is 77.5 Å². The Morgan fingerprint density at radius 2 is 1.89 bits per heavy atom. The minimum Gasteiger partial charge on any atom is -0.301 e. The van der Waals surface area contributed by atoms with Crippen LogP contribution in [-0.2, 0) is 4.79 Å². The Morgan fingerprint density at radius 3 is 2.61 bits per heavy atom. The SMILES string of the molecule is O=C(CSc1ncc(-c2ccccc2)n1-c1ccc(F)cc1)Nc1nccs1. The molecule has 4 rings (SSSR count). The number of hydrogen-bond donors (Lipinski definition) is 1. The summed E-state index contributed by atoms with van der Waals surface area (Å²) < 4.78 is 15.3. The second-order valence-corrected chi connectivity index (χ2v) is 7.62. The van der Waals surface area contributed by atoms with Crippen molar-refractivity contribution in [2.75, 3.05) is 11.1 Å². The van der Waals surface area contributed by atoms with Gasteiger partial charge in [-0.15, -0.1) is 11.3 Å². The smallest absolute Gasteiger partial charge is 0.236 e. The normalized spacial score (nSPS) is 10.8. The number of hydrogen-bond acceptors (Lipinski definition) is 5. The van der Waals surface area contributed by atoms with Crippen LogP contribution in [0.5, 0.6) is 0 Å². The number of anilines is 1. The Hall–Kier alpha value is -2.97. The first-order valence-electron chi connectivity index (χ1n) is 8.42. The van der Waals surface area contributed by atoms with Gasteiger partial charge in [-0.3, -0.25) is 9.36 Å². The van der Waals surface area contributed by atoms with Crippen molar-refractivity contribution in [1.82, 2.24) is 14.5 Å². The number of imidazole rings is 1. The van der Waals surface area contributed by atoms with Gasteiger partial charge in [-0.05, 0) is 24.3 Å². The summed E-state index contributed by atoms with van der Waals surface area (Å²) in [6, 6.07) is 16.0. The Morgan fingerprint density at radius 1 is 1.11 bits per heavy atom. The molecule has 0 saturated heterocycles. The molecule has 0 fully saturated rings. The lowest BCUT2D eigenvalue weighted by molar-refractivity contribution is -0.113. The van der Waals surface area contributed by atoms with Gasteiger partial charge in [0, 0.05) is 22.8 Å². The Kier molecular flexibility index (Phi) is 5.50. The predicted molar refractivity (Wildman–Crippen MR) is 110 cm³/mol. The number of carbonyl (C=O) groups is 1. The minimum atomic E-state index is -0.304. The van der Waals surface area contributed by atoms with E-state index in [0.29, 0.717) is 10.3 Å². The van der Waals surface area contributed by atoms with Crippen molar-refractivity contribution in [2.45, 2.75) is 5.16 Å². The van der Waals surface area contributed by atoms with Crippen molar-refractivity contribution in [3.8, 4) is 16.9 Å². The third-order valence-electron chi connectivity index (χ3n) is 3.89. The molecule has 0 aliphatic heterocycles. The summed E-state index contributed by atoms with van der Waals surface area (Å²) >= 11 is 2.68. The molecule has 4 aromatic rings. The number of amides is 1. The number of nitrogens with zero attached hydrogens (tertiary/aromatic N) is 3. The van der Waals surface area contributed by atoms with E-state index in [4.69, 9.17) is 0 Å². The number of carbonyl (C=O) groups excluding carboxylic acids is 1. The van der Waals surface area contributed by atoms with Crippen LogP contribution in [0.3, 0.4) is 0 Å².